The first-order valence-corrected chi connectivity index (χ1v) is 6.02. The van der Waals surface area contributed by atoms with Gasteiger partial charge in [0.25, 0.3) is 0 Å². The summed E-state index contributed by atoms with van der Waals surface area (Å²) in [5.74, 6) is 1.18. The summed E-state index contributed by atoms with van der Waals surface area (Å²) in [5, 5.41) is 3.92. The van der Waals surface area contributed by atoms with Gasteiger partial charge in [-0.05, 0) is 19.8 Å². The SMILES string of the molecule is CCOCCc1noc(C2(N)CCOCC2)n1. The standard InChI is InChI=1S/C11H19N3O3/c1-2-15-6-3-9-13-10(17-14-9)11(12)4-7-16-8-5-11/h2-8,12H2,1H3. The minimum absolute atomic E-state index is 0.519. The molecule has 1 aliphatic heterocycles. The Morgan fingerprint density at radius 3 is 2.88 bits per heavy atom. The Labute approximate surface area is 100 Å². The quantitative estimate of drug-likeness (QED) is 0.760. The van der Waals surface area contributed by atoms with Crippen molar-refractivity contribution in [2.75, 3.05) is 26.4 Å². The molecule has 1 saturated heterocycles. The van der Waals surface area contributed by atoms with Crippen molar-refractivity contribution in [3.63, 3.8) is 0 Å². The van der Waals surface area contributed by atoms with Gasteiger partial charge < -0.3 is 19.7 Å². The summed E-state index contributed by atoms with van der Waals surface area (Å²) in [5.41, 5.74) is 5.72. The van der Waals surface area contributed by atoms with Crippen molar-refractivity contribution in [1.29, 1.82) is 0 Å². The summed E-state index contributed by atoms with van der Waals surface area (Å²) in [4.78, 5) is 4.34. The van der Waals surface area contributed by atoms with E-state index in [1.54, 1.807) is 0 Å². The first-order valence-electron chi connectivity index (χ1n) is 6.02. The van der Waals surface area contributed by atoms with Gasteiger partial charge in [-0.15, -0.1) is 0 Å². The van der Waals surface area contributed by atoms with Crippen molar-refractivity contribution in [1.82, 2.24) is 10.1 Å². The van der Waals surface area contributed by atoms with E-state index >= 15 is 0 Å². The highest BCUT2D eigenvalue weighted by Gasteiger charge is 2.35. The van der Waals surface area contributed by atoms with Gasteiger partial charge in [-0.3, -0.25) is 0 Å². The highest BCUT2D eigenvalue weighted by molar-refractivity contribution is 5.03. The van der Waals surface area contributed by atoms with Crippen LogP contribution in [0.5, 0.6) is 0 Å². The molecule has 0 aromatic carbocycles. The van der Waals surface area contributed by atoms with E-state index in [2.05, 4.69) is 10.1 Å². The Bertz CT molecular complexity index is 347. The zero-order chi connectivity index (χ0) is 12.1. The molecule has 2 heterocycles. The highest BCUT2D eigenvalue weighted by Crippen LogP contribution is 2.27. The molecule has 96 valence electrons. The van der Waals surface area contributed by atoms with Crippen LogP contribution in [0, 0.1) is 0 Å². The molecule has 1 aliphatic rings. The lowest BCUT2D eigenvalue weighted by atomic mass is 9.91. The number of nitrogens with two attached hydrogens (primary N) is 1. The van der Waals surface area contributed by atoms with Crippen LogP contribution in [-0.4, -0.2) is 36.6 Å². The van der Waals surface area contributed by atoms with Crippen LogP contribution in [-0.2, 0) is 21.4 Å². The molecule has 0 spiro atoms. The third-order valence-corrected chi connectivity index (χ3v) is 2.95. The summed E-state index contributed by atoms with van der Waals surface area (Å²) in [6.07, 6.45) is 2.10. The number of ether oxygens (including phenoxy) is 2. The molecule has 0 radical (unpaired) electrons. The van der Waals surface area contributed by atoms with E-state index in [1.165, 1.54) is 0 Å². The van der Waals surface area contributed by atoms with E-state index < -0.39 is 5.54 Å². The van der Waals surface area contributed by atoms with E-state index in [0.717, 1.165) is 12.8 Å². The van der Waals surface area contributed by atoms with E-state index in [9.17, 15) is 0 Å². The predicted octanol–water partition coefficient (Wildman–Crippen LogP) is 0.613. The maximum absolute atomic E-state index is 6.24. The minimum atomic E-state index is -0.519. The van der Waals surface area contributed by atoms with Gasteiger partial charge in [0.05, 0.1) is 6.61 Å². The number of hydrogen-bond donors (Lipinski definition) is 1. The number of hydrogen-bond acceptors (Lipinski definition) is 6. The number of nitrogens with zero attached hydrogens (tertiary/aromatic N) is 2. The second-order valence-corrected chi connectivity index (χ2v) is 4.23. The number of rotatable bonds is 5. The van der Waals surface area contributed by atoms with Crippen LogP contribution in [0.4, 0.5) is 0 Å². The molecule has 0 bridgehead atoms. The Morgan fingerprint density at radius 2 is 2.18 bits per heavy atom. The topological polar surface area (TPSA) is 83.4 Å². The molecule has 17 heavy (non-hydrogen) atoms. The second-order valence-electron chi connectivity index (χ2n) is 4.23. The zero-order valence-corrected chi connectivity index (χ0v) is 10.1. The van der Waals surface area contributed by atoms with Crippen LogP contribution in [0.3, 0.4) is 0 Å². The molecule has 0 atom stereocenters. The van der Waals surface area contributed by atoms with Crippen LogP contribution < -0.4 is 5.73 Å². The fraction of sp³-hybridized carbons (Fsp3) is 0.818. The molecule has 2 N–H and O–H groups in total. The molecule has 1 fully saturated rings. The molecular formula is C11H19N3O3. The van der Waals surface area contributed by atoms with Crippen molar-refractivity contribution < 1.29 is 14.0 Å². The Hall–Kier alpha value is -0.980. The smallest absolute Gasteiger partial charge is 0.246 e. The van der Waals surface area contributed by atoms with Crippen LogP contribution >= 0.6 is 0 Å². The van der Waals surface area contributed by atoms with Gasteiger partial charge >= 0.3 is 0 Å². The van der Waals surface area contributed by atoms with Gasteiger partial charge in [0.15, 0.2) is 5.82 Å². The van der Waals surface area contributed by atoms with Gasteiger partial charge in [0.1, 0.15) is 5.54 Å². The lowest BCUT2D eigenvalue weighted by Gasteiger charge is -2.29. The zero-order valence-electron chi connectivity index (χ0n) is 10.1. The molecule has 6 heteroatoms. The van der Waals surface area contributed by atoms with Crippen LogP contribution in [0.25, 0.3) is 0 Å². The lowest BCUT2D eigenvalue weighted by Crippen LogP contribution is -2.42. The maximum Gasteiger partial charge on any atom is 0.246 e. The van der Waals surface area contributed by atoms with Crippen molar-refractivity contribution in [2.45, 2.75) is 31.7 Å². The van der Waals surface area contributed by atoms with E-state index in [4.69, 9.17) is 19.7 Å². The molecule has 0 amide bonds. The maximum atomic E-state index is 6.24. The molecule has 1 aromatic rings. The molecule has 0 saturated carbocycles. The average molecular weight is 241 g/mol. The number of aromatic nitrogens is 2. The predicted molar refractivity (Wildman–Crippen MR) is 60.4 cm³/mol. The Morgan fingerprint density at radius 1 is 1.41 bits per heavy atom. The summed E-state index contributed by atoms with van der Waals surface area (Å²) >= 11 is 0. The van der Waals surface area contributed by atoms with E-state index in [0.29, 0.717) is 44.6 Å². The van der Waals surface area contributed by atoms with Gasteiger partial charge in [0.2, 0.25) is 5.89 Å². The molecule has 6 nitrogen and oxygen atoms in total. The Kier molecular flexibility index (Phi) is 4.09. The summed E-state index contributed by atoms with van der Waals surface area (Å²) in [6, 6.07) is 0. The lowest BCUT2D eigenvalue weighted by molar-refractivity contribution is 0.0400. The van der Waals surface area contributed by atoms with Crippen LogP contribution in [0.1, 0.15) is 31.5 Å². The average Bonchev–Trinajstić information content (AvgIpc) is 2.80. The van der Waals surface area contributed by atoms with Crippen molar-refractivity contribution in [3.05, 3.63) is 11.7 Å². The summed E-state index contributed by atoms with van der Waals surface area (Å²) < 4.78 is 15.8. The van der Waals surface area contributed by atoms with Crippen LogP contribution in [0.15, 0.2) is 4.52 Å². The largest absolute Gasteiger partial charge is 0.381 e. The van der Waals surface area contributed by atoms with E-state index in [1.807, 2.05) is 6.92 Å². The van der Waals surface area contributed by atoms with Crippen molar-refractivity contribution in [3.8, 4) is 0 Å². The van der Waals surface area contributed by atoms with Crippen molar-refractivity contribution in [2.24, 2.45) is 5.73 Å². The third kappa shape index (κ3) is 3.02. The molecule has 0 aliphatic carbocycles. The first-order chi connectivity index (χ1) is 8.24. The van der Waals surface area contributed by atoms with E-state index in [-0.39, 0.29) is 0 Å². The van der Waals surface area contributed by atoms with Gasteiger partial charge in [-0.1, -0.05) is 5.16 Å². The summed E-state index contributed by atoms with van der Waals surface area (Å²) in [7, 11) is 0. The van der Waals surface area contributed by atoms with Gasteiger partial charge in [-0.2, -0.15) is 4.98 Å². The first kappa shape index (κ1) is 12.5. The molecule has 1 aromatic heterocycles. The van der Waals surface area contributed by atoms with Gasteiger partial charge in [0, 0.05) is 26.2 Å². The highest BCUT2D eigenvalue weighted by atomic mass is 16.5. The summed E-state index contributed by atoms with van der Waals surface area (Å²) in [6.45, 7) is 4.55. The normalized spacial score (nSPS) is 19.4. The fourth-order valence-electron chi connectivity index (χ4n) is 1.82. The monoisotopic (exact) mass is 241 g/mol. The Balaban J connectivity index is 1.96. The van der Waals surface area contributed by atoms with Crippen molar-refractivity contribution >= 4 is 0 Å². The van der Waals surface area contributed by atoms with Crippen LogP contribution in [0.2, 0.25) is 0 Å². The molecular weight excluding hydrogens is 222 g/mol. The second kappa shape index (κ2) is 5.57. The molecule has 2 rings (SSSR count). The fourth-order valence-corrected chi connectivity index (χ4v) is 1.82. The third-order valence-electron chi connectivity index (χ3n) is 2.95. The molecule has 0 unspecified atom stereocenters. The minimum Gasteiger partial charge on any atom is -0.381 e. The van der Waals surface area contributed by atoms with Gasteiger partial charge in [-0.25, -0.2) is 0 Å².